The minimum Gasteiger partial charge on any atom is -0.478 e. The molecule has 0 saturated carbocycles. The summed E-state index contributed by atoms with van der Waals surface area (Å²) in [6.45, 7) is 6.99. The number of amides is 1. The largest absolute Gasteiger partial charge is 0.478 e. The predicted molar refractivity (Wildman–Crippen MR) is 133 cm³/mol. The van der Waals surface area contributed by atoms with Crippen molar-refractivity contribution in [2.75, 3.05) is 41.3 Å². The van der Waals surface area contributed by atoms with Crippen molar-refractivity contribution in [3.05, 3.63) is 59.1 Å². The van der Waals surface area contributed by atoms with Crippen LogP contribution in [0.2, 0.25) is 5.02 Å². The Morgan fingerprint density at radius 1 is 1.03 bits per heavy atom. The summed E-state index contributed by atoms with van der Waals surface area (Å²) in [5, 5.41) is 13.9. The minimum absolute atomic E-state index is 0.0932. The van der Waals surface area contributed by atoms with Gasteiger partial charge in [0.1, 0.15) is 5.82 Å². The first kappa shape index (κ1) is 22.9. The molecular formula is C25H27ClN4O3. The van der Waals surface area contributed by atoms with Gasteiger partial charge in [0.25, 0.3) is 0 Å². The Bertz CT molecular complexity index is 1170. The molecule has 33 heavy (non-hydrogen) atoms. The van der Waals surface area contributed by atoms with Crippen LogP contribution in [-0.4, -0.2) is 48.1 Å². The van der Waals surface area contributed by atoms with Crippen molar-refractivity contribution < 1.29 is 14.7 Å². The van der Waals surface area contributed by atoms with Gasteiger partial charge >= 0.3 is 5.97 Å². The van der Waals surface area contributed by atoms with Crippen LogP contribution in [0, 0.1) is 5.92 Å². The molecule has 0 spiro atoms. The van der Waals surface area contributed by atoms with Gasteiger partial charge in [0.05, 0.1) is 11.1 Å². The summed E-state index contributed by atoms with van der Waals surface area (Å²) in [5.74, 6) is -0.227. The number of hydrogen-bond acceptors (Lipinski definition) is 5. The first-order valence-corrected chi connectivity index (χ1v) is 11.4. The summed E-state index contributed by atoms with van der Waals surface area (Å²) in [5.41, 5.74) is 2.45. The average Bonchev–Trinajstić information content (AvgIpc) is 2.78. The highest BCUT2D eigenvalue weighted by Gasteiger charge is 2.21. The van der Waals surface area contributed by atoms with Gasteiger partial charge in [-0.05, 0) is 54.4 Å². The van der Waals surface area contributed by atoms with Gasteiger partial charge in [0.2, 0.25) is 5.91 Å². The van der Waals surface area contributed by atoms with Crippen LogP contribution in [-0.2, 0) is 4.79 Å². The van der Waals surface area contributed by atoms with Crippen LogP contribution in [0.1, 0.15) is 30.6 Å². The smallest absolute Gasteiger partial charge is 0.336 e. The van der Waals surface area contributed by atoms with E-state index >= 15 is 0 Å². The fourth-order valence-corrected chi connectivity index (χ4v) is 4.18. The lowest BCUT2D eigenvalue weighted by molar-refractivity contribution is -0.116. The second kappa shape index (κ2) is 9.67. The molecule has 172 valence electrons. The number of benzene rings is 2. The summed E-state index contributed by atoms with van der Waals surface area (Å²) < 4.78 is 0. The molecule has 1 aliphatic heterocycles. The van der Waals surface area contributed by atoms with Gasteiger partial charge in [0, 0.05) is 54.4 Å². The number of carboxylic acid groups (broad SMARTS) is 1. The van der Waals surface area contributed by atoms with Crippen LogP contribution in [0.3, 0.4) is 0 Å². The van der Waals surface area contributed by atoms with Crippen molar-refractivity contribution in [2.45, 2.75) is 20.3 Å². The van der Waals surface area contributed by atoms with Gasteiger partial charge in [-0.25, -0.2) is 9.78 Å². The number of hydrogen-bond donors (Lipinski definition) is 2. The lowest BCUT2D eigenvalue weighted by Gasteiger charge is -2.37. The summed E-state index contributed by atoms with van der Waals surface area (Å²) in [6.07, 6.45) is 0.406. The molecule has 0 atom stereocenters. The van der Waals surface area contributed by atoms with Crippen LogP contribution in [0.5, 0.6) is 0 Å². The Balaban J connectivity index is 1.55. The fourth-order valence-electron chi connectivity index (χ4n) is 4.06. The molecular weight excluding hydrogens is 440 g/mol. The van der Waals surface area contributed by atoms with Gasteiger partial charge in [-0.1, -0.05) is 25.4 Å². The van der Waals surface area contributed by atoms with E-state index in [9.17, 15) is 14.7 Å². The molecule has 0 aliphatic carbocycles. The van der Waals surface area contributed by atoms with E-state index in [0.29, 0.717) is 33.9 Å². The molecule has 1 fully saturated rings. The van der Waals surface area contributed by atoms with E-state index in [0.717, 1.165) is 31.9 Å². The van der Waals surface area contributed by atoms with E-state index in [4.69, 9.17) is 16.6 Å². The Labute approximate surface area is 198 Å². The molecule has 2 aromatic carbocycles. The summed E-state index contributed by atoms with van der Waals surface area (Å²) in [6, 6.07) is 14.6. The fraction of sp³-hybridized carbons (Fsp3) is 0.320. The molecule has 7 nitrogen and oxygen atoms in total. The summed E-state index contributed by atoms with van der Waals surface area (Å²) >= 11 is 5.99. The van der Waals surface area contributed by atoms with Crippen LogP contribution < -0.4 is 15.1 Å². The zero-order chi connectivity index (χ0) is 23.5. The first-order valence-electron chi connectivity index (χ1n) is 11.0. The van der Waals surface area contributed by atoms with Gasteiger partial charge in [-0.15, -0.1) is 0 Å². The average molecular weight is 467 g/mol. The number of carboxylic acids is 1. The molecule has 0 radical (unpaired) electrons. The quantitative estimate of drug-likeness (QED) is 0.537. The highest BCUT2D eigenvalue weighted by molar-refractivity contribution is 6.30. The van der Waals surface area contributed by atoms with Gasteiger partial charge in [-0.2, -0.15) is 0 Å². The molecule has 1 saturated heterocycles. The molecule has 1 aliphatic rings. The lowest BCUT2D eigenvalue weighted by atomic mass is 10.1. The second-order valence-corrected chi connectivity index (χ2v) is 9.10. The standard InChI is InChI=1S/C25H27ClN4O3/c1-16(2)13-24(31)27-18-5-8-22-20(14-18)21(25(32)33)15-23(28-22)30-11-9-29(10-12-30)19-6-3-17(26)4-7-19/h3-8,14-16H,9-13H2,1-2H3,(H,27,31)(H,32,33). The number of nitrogens with zero attached hydrogens (tertiary/aromatic N) is 3. The topological polar surface area (TPSA) is 85.8 Å². The summed E-state index contributed by atoms with van der Waals surface area (Å²) in [4.78, 5) is 33.3. The number of carbonyl (C=O) groups is 2. The van der Waals surface area contributed by atoms with Crippen molar-refractivity contribution in [1.29, 1.82) is 0 Å². The van der Waals surface area contributed by atoms with Crippen molar-refractivity contribution in [2.24, 2.45) is 5.92 Å². The van der Waals surface area contributed by atoms with Crippen LogP contribution >= 0.6 is 11.6 Å². The Morgan fingerprint density at radius 3 is 2.33 bits per heavy atom. The molecule has 3 aromatic rings. The molecule has 0 unspecified atom stereocenters. The number of carbonyl (C=O) groups excluding carboxylic acids is 1. The minimum atomic E-state index is -1.02. The number of nitrogens with one attached hydrogen (secondary N) is 1. The number of aromatic carboxylic acids is 1. The highest BCUT2D eigenvalue weighted by atomic mass is 35.5. The van der Waals surface area contributed by atoms with Crippen LogP contribution in [0.15, 0.2) is 48.5 Å². The zero-order valence-corrected chi connectivity index (χ0v) is 19.5. The van der Waals surface area contributed by atoms with E-state index in [-0.39, 0.29) is 17.4 Å². The molecule has 2 N–H and O–H groups in total. The molecule has 8 heteroatoms. The zero-order valence-electron chi connectivity index (χ0n) is 18.7. The van der Waals surface area contributed by atoms with E-state index in [1.54, 1.807) is 24.3 Å². The lowest BCUT2D eigenvalue weighted by Crippen LogP contribution is -2.46. The Morgan fingerprint density at radius 2 is 1.70 bits per heavy atom. The normalized spacial score (nSPS) is 14.1. The van der Waals surface area contributed by atoms with E-state index in [2.05, 4.69) is 15.1 Å². The maximum absolute atomic E-state index is 12.1. The van der Waals surface area contributed by atoms with Crippen molar-refractivity contribution in [1.82, 2.24) is 4.98 Å². The number of fused-ring (bicyclic) bond motifs is 1. The van der Waals surface area contributed by atoms with E-state index in [1.807, 2.05) is 38.1 Å². The molecule has 4 rings (SSSR count). The van der Waals surface area contributed by atoms with Crippen molar-refractivity contribution in [3.63, 3.8) is 0 Å². The monoisotopic (exact) mass is 466 g/mol. The van der Waals surface area contributed by atoms with Gasteiger partial charge in [-0.3, -0.25) is 4.79 Å². The SMILES string of the molecule is CC(C)CC(=O)Nc1ccc2nc(N3CCN(c4ccc(Cl)cc4)CC3)cc(C(=O)O)c2c1. The third-order valence-electron chi connectivity index (χ3n) is 5.70. The highest BCUT2D eigenvalue weighted by Crippen LogP contribution is 2.28. The number of pyridine rings is 1. The Kier molecular flexibility index (Phi) is 6.70. The predicted octanol–water partition coefficient (Wildman–Crippen LogP) is 4.90. The maximum atomic E-state index is 12.1. The number of anilines is 3. The third kappa shape index (κ3) is 5.37. The molecule has 1 amide bonds. The number of rotatable bonds is 6. The van der Waals surface area contributed by atoms with Crippen LogP contribution in [0.25, 0.3) is 10.9 Å². The van der Waals surface area contributed by atoms with E-state index in [1.165, 1.54) is 0 Å². The molecule has 1 aromatic heterocycles. The van der Waals surface area contributed by atoms with Crippen molar-refractivity contribution >= 4 is 51.6 Å². The van der Waals surface area contributed by atoms with Crippen molar-refractivity contribution in [3.8, 4) is 0 Å². The van der Waals surface area contributed by atoms with Crippen LogP contribution in [0.4, 0.5) is 17.2 Å². The van der Waals surface area contributed by atoms with E-state index < -0.39 is 5.97 Å². The van der Waals surface area contributed by atoms with Gasteiger partial charge in [0.15, 0.2) is 0 Å². The van der Waals surface area contributed by atoms with Gasteiger partial charge < -0.3 is 20.2 Å². The first-order chi connectivity index (χ1) is 15.8. The molecule has 2 heterocycles. The summed E-state index contributed by atoms with van der Waals surface area (Å²) in [7, 11) is 0. The number of aromatic nitrogens is 1. The Hall–Kier alpha value is -3.32. The number of halogens is 1. The molecule has 0 bridgehead atoms. The second-order valence-electron chi connectivity index (χ2n) is 8.66. The number of piperazine rings is 1. The maximum Gasteiger partial charge on any atom is 0.336 e. The third-order valence-corrected chi connectivity index (χ3v) is 5.95.